The molecule has 3 aliphatic rings. The molecule has 248 valence electrons. The third-order valence-electron chi connectivity index (χ3n) is 8.75. The first-order valence-corrected chi connectivity index (χ1v) is 15.6. The van der Waals surface area contributed by atoms with Gasteiger partial charge in [0, 0.05) is 26.1 Å². The largest absolute Gasteiger partial charge is 0.507 e. The quantitative estimate of drug-likeness (QED) is 0.417. The van der Waals surface area contributed by atoms with Crippen molar-refractivity contribution in [2.24, 2.45) is 0 Å². The van der Waals surface area contributed by atoms with Crippen LogP contribution in [0.2, 0.25) is 0 Å². The van der Waals surface area contributed by atoms with E-state index in [1.165, 1.54) is 5.56 Å². The van der Waals surface area contributed by atoms with Crippen LogP contribution in [0.25, 0.3) is 11.6 Å². The van der Waals surface area contributed by atoms with Crippen molar-refractivity contribution in [3.05, 3.63) is 34.7 Å². The second kappa shape index (κ2) is 13.4. The van der Waals surface area contributed by atoms with Crippen LogP contribution in [0.5, 0.6) is 11.8 Å². The van der Waals surface area contributed by atoms with Crippen molar-refractivity contribution in [3.8, 4) is 29.5 Å². The summed E-state index contributed by atoms with van der Waals surface area (Å²) in [7, 11) is 1.87. The van der Waals surface area contributed by atoms with Crippen molar-refractivity contribution >= 4 is 5.95 Å². The average molecular weight is 639 g/mol. The molecule has 1 aliphatic carbocycles. The number of nitriles is 1. The summed E-state index contributed by atoms with van der Waals surface area (Å²) in [4.78, 5) is 21.3. The first-order chi connectivity index (χ1) is 21.8. The molecular weight excluding hydrogens is 595 g/mol. The van der Waals surface area contributed by atoms with Gasteiger partial charge in [0.05, 0.1) is 25.3 Å². The molecule has 0 amide bonds. The number of ether oxygens (including phenoxy) is 2. The number of halogens is 1. The highest BCUT2D eigenvalue weighted by Gasteiger charge is 2.36. The number of alkyl halides is 1. The van der Waals surface area contributed by atoms with Crippen LogP contribution >= 0.6 is 0 Å². The minimum atomic E-state index is -1.07. The van der Waals surface area contributed by atoms with E-state index >= 15 is 0 Å². The highest BCUT2D eigenvalue weighted by molar-refractivity contribution is 5.55. The molecule has 4 heterocycles. The number of benzene rings is 1. The lowest BCUT2D eigenvalue weighted by molar-refractivity contribution is -0.0123. The number of likely N-dealkylation sites (tertiary alicyclic amines) is 1. The zero-order chi connectivity index (χ0) is 33.2. The fraction of sp³-hybridized carbons (Fsp3) is 0.625. The maximum atomic E-state index is 13.8. The summed E-state index contributed by atoms with van der Waals surface area (Å²) in [5.41, 5.74) is 1.69. The summed E-state index contributed by atoms with van der Waals surface area (Å²) in [5.74, 6) is 1.20. The molecule has 0 radical (unpaired) electrons. The lowest BCUT2D eigenvalue weighted by Gasteiger charge is -2.33. The topological polar surface area (TPSA) is 167 Å². The van der Waals surface area contributed by atoms with Gasteiger partial charge in [-0.1, -0.05) is 25.1 Å². The van der Waals surface area contributed by atoms with E-state index in [4.69, 9.17) is 19.3 Å². The number of rotatable bonds is 5. The van der Waals surface area contributed by atoms with E-state index < -0.39 is 11.8 Å². The van der Waals surface area contributed by atoms with Crippen LogP contribution < -0.4 is 9.64 Å². The molecule has 0 saturated carbocycles. The Balaban J connectivity index is 0.000000232. The molecule has 2 fully saturated rings. The molecule has 2 aliphatic heterocycles. The van der Waals surface area contributed by atoms with Gasteiger partial charge in [0.2, 0.25) is 23.5 Å². The van der Waals surface area contributed by atoms with Crippen LogP contribution in [0.4, 0.5) is 10.3 Å². The van der Waals surface area contributed by atoms with Gasteiger partial charge in [-0.15, -0.1) is 0 Å². The van der Waals surface area contributed by atoms with Crippen LogP contribution in [-0.2, 0) is 16.6 Å². The molecular formula is C32H43FN8O5. The lowest BCUT2D eigenvalue weighted by atomic mass is 9.71. The Kier molecular flexibility index (Phi) is 9.76. The molecule has 2 aromatic heterocycles. The average Bonchev–Trinajstić information content (AvgIpc) is 3.52. The van der Waals surface area contributed by atoms with Gasteiger partial charge in [0.25, 0.3) is 0 Å². The predicted octanol–water partition coefficient (Wildman–Crippen LogP) is 3.50. The second-order valence-corrected chi connectivity index (χ2v) is 13.4. The van der Waals surface area contributed by atoms with Crippen molar-refractivity contribution in [3.63, 3.8) is 0 Å². The van der Waals surface area contributed by atoms with Gasteiger partial charge < -0.3 is 29.1 Å². The highest BCUT2D eigenvalue weighted by atomic mass is 19.1. The van der Waals surface area contributed by atoms with Crippen molar-refractivity contribution in [1.82, 2.24) is 30.0 Å². The van der Waals surface area contributed by atoms with Gasteiger partial charge in [-0.25, -0.2) is 4.39 Å². The summed E-state index contributed by atoms with van der Waals surface area (Å²) in [6.07, 6.45) is 2.42. The molecule has 14 heteroatoms. The first-order valence-electron chi connectivity index (χ1n) is 15.6. The minimum Gasteiger partial charge on any atom is -0.507 e. The molecule has 4 atom stereocenters. The van der Waals surface area contributed by atoms with E-state index in [2.05, 4.69) is 45.0 Å². The number of aromatic hydroxyl groups is 1. The van der Waals surface area contributed by atoms with E-state index in [1.807, 2.05) is 29.8 Å². The molecule has 13 nitrogen and oxygen atoms in total. The van der Waals surface area contributed by atoms with E-state index in [0.717, 1.165) is 24.8 Å². The normalized spacial score (nSPS) is 25.1. The number of hydrogen-bond acceptors (Lipinski definition) is 13. The molecule has 0 spiro atoms. The zero-order valence-electron chi connectivity index (χ0n) is 27.3. The molecule has 1 aromatic carbocycles. The number of aromatic nitrogens is 5. The maximum absolute atomic E-state index is 13.8. The molecule has 1 unspecified atom stereocenters. The minimum absolute atomic E-state index is 0.0113. The standard InChI is InChI=1S/C19H28FN7O4.C13H15NO/c1-11(14-7-13(20)8-26(14)4)30-18-23-15(16-21-12(2)31-25-16)22-17(24-18)27-5-6-29-10-19(3,28)9-27;1-13(2)7-3-4-9-5-6-11(15)10(8-14)12(9)13/h11,13-14,28H,5-10H2,1-4H3;5-6,15H,3-4,7H2,1-2H3/t11-,13+,14?,19-;/m0./s1. The molecule has 2 N–H and O–H groups in total. The summed E-state index contributed by atoms with van der Waals surface area (Å²) >= 11 is 0. The van der Waals surface area contributed by atoms with Crippen molar-refractivity contribution in [2.45, 2.75) is 89.6 Å². The summed E-state index contributed by atoms with van der Waals surface area (Å²) < 4.78 is 30.4. The number of aliphatic hydroxyl groups is 1. The Morgan fingerprint density at radius 2 is 1.96 bits per heavy atom. The van der Waals surface area contributed by atoms with Crippen LogP contribution in [-0.4, -0.2) is 104 Å². The second-order valence-electron chi connectivity index (χ2n) is 13.4. The van der Waals surface area contributed by atoms with Gasteiger partial charge in [0.1, 0.15) is 29.7 Å². The molecule has 0 bridgehead atoms. The molecule has 3 aromatic rings. The number of anilines is 1. The Hall–Kier alpha value is -3.93. The number of phenols is 1. The van der Waals surface area contributed by atoms with Crippen LogP contribution in [0.3, 0.4) is 0 Å². The number of phenolic OH excluding ortho intramolecular Hbond substituents is 1. The third kappa shape index (κ3) is 7.54. The van der Waals surface area contributed by atoms with Crippen LogP contribution in [0.1, 0.15) is 69.5 Å². The zero-order valence-corrected chi connectivity index (χ0v) is 27.3. The lowest BCUT2D eigenvalue weighted by Crippen LogP contribution is -2.42. The number of nitrogens with zero attached hydrogens (tertiary/aromatic N) is 8. The molecule has 46 heavy (non-hydrogen) atoms. The third-order valence-corrected chi connectivity index (χ3v) is 8.75. The van der Waals surface area contributed by atoms with Crippen LogP contribution in [0, 0.1) is 18.3 Å². The van der Waals surface area contributed by atoms with Crippen molar-refractivity contribution < 1.29 is 28.6 Å². The fourth-order valence-electron chi connectivity index (χ4n) is 6.54. The first kappa shape index (κ1) is 33.4. The SMILES string of the molecule is CC1(C)CCCc2ccc(O)c(C#N)c21.Cc1nc(-c2nc(O[C@@H](C)C3C[C@@H](F)CN3C)nc(N3CCOC[C@@](C)(O)C3)n2)no1. The monoisotopic (exact) mass is 638 g/mol. The Labute approximate surface area is 268 Å². The summed E-state index contributed by atoms with van der Waals surface area (Å²) in [6, 6.07) is 5.70. The smallest absolute Gasteiger partial charge is 0.322 e. The van der Waals surface area contributed by atoms with E-state index in [0.29, 0.717) is 43.5 Å². The number of likely N-dealkylation sites (N-methyl/N-ethyl adjacent to an activating group) is 1. The molecule has 2 saturated heterocycles. The number of β-amino-alcohol motifs (C(OH)–C–C–N with tert-alkyl or cyclic N) is 1. The van der Waals surface area contributed by atoms with Crippen molar-refractivity contribution in [1.29, 1.82) is 5.26 Å². The van der Waals surface area contributed by atoms with E-state index in [-0.39, 0.29) is 54.1 Å². The fourth-order valence-corrected chi connectivity index (χ4v) is 6.54. The summed E-state index contributed by atoms with van der Waals surface area (Å²) in [6.45, 7) is 11.3. The Bertz CT molecular complexity index is 1570. The Morgan fingerprint density at radius 3 is 2.63 bits per heavy atom. The molecule has 6 rings (SSSR count). The van der Waals surface area contributed by atoms with E-state index in [9.17, 15) is 14.6 Å². The van der Waals surface area contributed by atoms with Gasteiger partial charge in [-0.05, 0) is 69.2 Å². The Morgan fingerprint density at radius 1 is 1.17 bits per heavy atom. The number of aryl methyl sites for hydroxylation is 2. The van der Waals surface area contributed by atoms with Gasteiger partial charge in [-0.2, -0.15) is 25.2 Å². The maximum Gasteiger partial charge on any atom is 0.322 e. The van der Waals surface area contributed by atoms with E-state index in [1.54, 1.807) is 19.9 Å². The van der Waals surface area contributed by atoms with Crippen LogP contribution in [0.15, 0.2) is 16.7 Å². The highest BCUT2D eigenvalue weighted by Crippen LogP contribution is 2.41. The van der Waals surface area contributed by atoms with Gasteiger partial charge in [-0.3, -0.25) is 4.90 Å². The number of fused-ring (bicyclic) bond motifs is 1. The predicted molar refractivity (Wildman–Crippen MR) is 166 cm³/mol. The number of hydrogen-bond donors (Lipinski definition) is 2. The van der Waals surface area contributed by atoms with Gasteiger partial charge in [0.15, 0.2) is 0 Å². The van der Waals surface area contributed by atoms with Gasteiger partial charge >= 0.3 is 6.01 Å². The van der Waals surface area contributed by atoms with Crippen molar-refractivity contribution in [2.75, 3.05) is 44.8 Å². The summed E-state index contributed by atoms with van der Waals surface area (Å²) in [5, 5.41) is 33.2.